The van der Waals surface area contributed by atoms with Crippen LogP contribution in [0, 0.1) is 0 Å². The molecular formula is C25H22ClF3N2O2. The molecule has 172 valence electrons. The van der Waals surface area contributed by atoms with Crippen molar-refractivity contribution < 1.29 is 23.0 Å². The number of phenols is 1. The third-order valence-electron chi connectivity index (χ3n) is 5.46. The van der Waals surface area contributed by atoms with Crippen molar-refractivity contribution in [2.45, 2.75) is 31.7 Å². The van der Waals surface area contributed by atoms with Crippen molar-refractivity contribution >= 4 is 17.3 Å². The number of nitrogens with zero attached hydrogens (tertiary/aromatic N) is 1. The van der Waals surface area contributed by atoms with Gasteiger partial charge in [0, 0.05) is 28.8 Å². The molecule has 0 fully saturated rings. The molecule has 8 heteroatoms. The van der Waals surface area contributed by atoms with E-state index in [0.717, 1.165) is 29.2 Å². The summed E-state index contributed by atoms with van der Waals surface area (Å²) in [5, 5.41) is 14.2. The van der Waals surface area contributed by atoms with Gasteiger partial charge in [0.15, 0.2) is 0 Å². The highest BCUT2D eigenvalue weighted by Gasteiger charge is 2.31. The molecule has 0 saturated heterocycles. The van der Waals surface area contributed by atoms with E-state index in [0.29, 0.717) is 29.2 Å². The van der Waals surface area contributed by atoms with Gasteiger partial charge in [-0.25, -0.2) is 0 Å². The fourth-order valence-electron chi connectivity index (χ4n) is 3.82. The molecule has 0 spiro atoms. The van der Waals surface area contributed by atoms with Gasteiger partial charge in [0.1, 0.15) is 17.7 Å². The maximum atomic E-state index is 13.0. The molecule has 3 aromatic rings. The molecule has 33 heavy (non-hydrogen) atoms. The van der Waals surface area contributed by atoms with E-state index in [1.54, 1.807) is 12.1 Å². The maximum Gasteiger partial charge on any atom is 0.416 e. The summed E-state index contributed by atoms with van der Waals surface area (Å²) in [5.41, 5.74) is 2.08. The molecule has 0 amide bonds. The molecule has 1 aliphatic rings. The molecule has 1 aliphatic heterocycles. The van der Waals surface area contributed by atoms with Gasteiger partial charge in [0.2, 0.25) is 0 Å². The van der Waals surface area contributed by atoms with Crippen molar-refractivity contribution in [1.29, 1.82) is 0 Å². The van der Waals surface area contributed by atoms with Crippen LogP contribution in [0.5, 0.6) is 11.5 Å². The Morgan fingerprint density at radius 2 is 1.76 bits per heavy atom. The van der Waals surface area contributed by atoms with E-state index in [1.165, 1.54) is 18.2 Å². The van der Waals surface area contributed by atoms with Crippen molar-refractivity contribution in [3.8, 4) is 11.5 Å². The summed E-state index contributed by atoms with van der Waals surface area (Å²) in [7, 11) is 0. The zero-order chi connectivity index (χ0) is 23.6. The quantitative estimate of drug-likeness (QED) is 0.433. The van der Waals surface area contributed by atoms with Gasteiger partial charge in [-0.2, -0.15) is 13.2 Å². The summed E-state index contributed by atoms with van der Waals surface area (Å²) < 4.78 is 44.5. The zero-order valence-electron chi connectivity index (χ0n) is 17.7. The van der Waals surface area contributed by atoms with Crippen molar-refractivity contribution in [2.24, 2.45) is 4.99 Å². The predicted molar refractivity (Wildman–Crippen MR) is 122 cm³/mol. The van der Waals surface area contributed by atoms with E-state index < -0.39 is 17.9 Å². The van der Waals surface area contributed by atoms with Crippen LogP contribution in [0.4, 0.5) is 13.2 Å². The second-order valence-electron chi connectivity index (χ2n) is 7.68. The second kappa shape index (κ2) is 9.45. The number of alkyl halides is 3. The average molecular weight is 475 g/mol. The Hall–Kier alpha value is -3.03. The number of rotatable bonds is 5. The Kier molecular flexibility index (Phi) is 6.63. The lowest BCUT2D eigenvalue weighted by Gasteiger charge is -2.31. The van der Waals surface area contributed by atoms with Crippen molar-refractivity contribution in [2.75, 3.05) is 6.61 Å². The lowest BCUT2D eigenvalue weighted by molar-refractivity contribution is -0.137. The minimum atomic E-state index is -4.41. The fourth-order valence-corrected chi connectivity index (χ4v) is 4.00. The number of nitrogens with one attached hydrogen (secondary N) is 1. The van der Waals surface area contributed by atoms with Crippen LogP contribution in [-0.2, 0) is 6.18 Å². The number of hydrogen-bond donors (Lipinski definition) is 2. The van der Waals surface area contributed by atoms with Crippen LogP contribution in [0.3, 0.4) is 0 Å². The normalized spacial score (nSPS) is 18.6. The van der Waals surface area contributed by atoms with Gasteiger partial charge in [0.05, 0.1) is 12.2 Å². The van der Waals surface area contributed by atoms with Crippen LogP contribution in [0.2, 0.25) is 5.02 Å². The summed E-state index contributed by atoms with van der Waals surface area (Å²) in [6.45, 7) is 2.46. The van der Waals surface area contributed by atoms with Crippen molar-refractivity contribution in [3.63, 3.8) is 0 Å². The summed E-state index contributed by atoms with van der Waals surface area (Å²) >= 11 is 6.16. The topological polar surface area (TPSA) is 53.8 Å². The fraction of sp³-hybridized carbons (Fsp3) is 0.240. The first-order valence-corrected chi connectivity index (χ1v) is 10.8. The highest BCUT2D eigenvalue weighted by molar-refractivity contribution is 6.30. The molecule has 0 aromatic heterocycles. The summed E-state index contributed by atoms with van der Waals surface area (Å²) in [4.78, 5) is 4.79. The first-order chi connectivity index (χ1) is 15.7. The molecule has 2 atom stereocenters. The summed E-state index contributed by atoms with van der Waals surface area (Å²) in [6, 6.07) is 16.9. The minimum absolute atomic E-state index is 0.0796. The molecule has 3 aromatic carbocycles. The highest BCUT2D eigenvalue weighted by Crippen LogP contribution is 2.37. The van der Waals surface area contributed by atoms with Crippen LogP contribution < -0.4 is 10.1 Å². The van der Waals surface area contributed by atoms with E-state index in [9.17, 15) is 18.3 Å². The standard InChI is InChI=1S/C25H22ClF3N2O2/c1-2-33-19-10-5-15(6-11-19)21-14-22(20-13-18(26)9-12-23(20)32)31-24(30-21)16-3-7-17(8-4-16)25(27,28)29/h3-13,22,24,31-32H,2,14H2,1H3. The van der Waals surface area contributed by atoms with E-state index in [-0.39, 0.29) is 11.8 Å². The molecule has 2 N–H and O–H groups in total. The Bertz CT molecular complexity index is 1150. The molecule has 2 unspecified atom stereocenters. The molecule has 0 radical (unpaired) electrons. The summed E-state index contributed by atoms with van der Waals surface area (Å²) in [5.74, 6) is 0.815. The van der Waals surface area contributed by atoms with Gasteiger partial charge < -0.3 is 9.84 Å². The largest absolute Gasteiger partial charge is 0.508 e. The first kappa shape index (κ1) is 23.1. The monoisotopic (exact) mass is 474 g/mol. The summed E-state index contributed by atoms with van der Waals surface area (Å²) in [6.07, 6.45) is -4.56. The van der Waals surface area contributed by atoms with Crippen molar-refractivity contribution in [1.82, 2.24) is 5.32 Å². The molecule has 0 aliphatic carbocycles. The lowest BCUT2D eigenvalue weighted by Crippen LogP contribution is -2.33. The third-order valence-corrected chi connectivity index (χ3v) is 5.69. The van der Waals surface area contributed by atoms with Gasteiger partial charge in [-0.3, -0.25) is 10.3 Å². The van der Waals surface area contributed by atoms with Crippen LogP contribution in [0.25, 0.3) is 0 Å². The van der Waals surface area contributed by atoms with Crippen LogP contribution in [0.15, 0.2) is 71.7 Å². The highest BCUT2D eigenvalue weighted by atomic mass is 35.5. The number of aromatic hydroxyl groups is 1. The molecule has 4 rings (SSSR count). The molecular weight excluding hydrogens is 453 g/mol. The van der Waals surface area contributed by atoms with Gasteiger partial charge >= 0.3 is 6.18 Å². The average Bonchev–Trinajstić information content (AvgIpc) is 2.80. The maximum absolute atomic E-state index is 13.0. The number of hydrogen-bond acceptors (Lipinski definition) is 4. The second-order valence-corrected chi connectivity index (χ2v) is 8.12. The number of phenolic OH excluding ortho intramolecular Hbond substituents is 1. The molecule has 0 saturated carbocycles. The molecule has 4 nitrogen and oxygen atoms in total. The van der Waals surface area contributed by atoms with Crippen LogP contribution in [-0.4, -0.2) is 17.4 Å². The number of aliphatic imine (C=N–C) groups is 1. The van der Waals surface area contributed by atoms with E-state index in [4.69, 9.17) is 21.3 Å². The predicted octanol–water partition coefficient (Wildman–Crippen LogP) is 6.69. The number of ether oxygens (including phenoxy) is 1. The Morgan fingerprint density at radius 1 is 1.06 bits per heavy atom. The van der Waals surface area contributed by atoms with E-state index >= 15 is 0 Å². The minimum Gasteiger partial charge on any atom is -0.508 e. The SMILES string of the molecule is CCOc1ccc(C2=NC(c3ccc(C(F)(F)F)cc3)NC(c3cc(Cl)ccc3O)C2)cc1. The Morgan fingerprint density at radius 3 is 2.39 bits per heavy atom. The van der Waals surface area contributed by atoms with Crippen LogP contribution >= 0.6 is 11.6 Å². The molecule has 0 bridgehead atoms. The number of halogens is 4. The number of benzene rings is 3. The first-order valence-electron chi connectivity index (χ1n) is 10.5. The van der Waals surface area contributed by atoms with E-state index in [1.807, 2.05) is 31.2 Å². The Labute approximate surface area is 194 Å². The molecule has 1 heterocycles. The lowest BCUT2D eigenvalue weighted by atomic mass is 9.93. The van der Waals surface area contributed by atoms with Crippen LogP contribution in [0.1, 0.15) is 47.8 Å². The van der Waals surface area contributed by atoms with Gasteiger partial charge in [-0.1, -0.05) is 23.7 Å². The van der Waals surface area contributed by atoms with E-state index in [2.05, 4.69) is 5.32 Å². The van der Waals surface area contributed by atoms with Gasteiger partial charge in [0.25, 0.3) is 0 Å². The zero-order valence-corrected chi connectivity index (χ0v) is 18.5. The van der Waals surface area contributed by atoms with Crippen molar-refractivity contribution in [3.05, 3.63) is 94.0 Å². The third kappa shape index (κ3) is 5.31. The smallest absolute Gasteiger partial charge is 0.416 e. The Balaban J connectivity index is 1.72. The van der Waals surface area contributed by atoms with Gasteiger partial charge in [-0.15, -0.1) is 0 Å². The van der Waals surface area contributed by atoms with Gasteiger partial charge in [-0.05, 0) is 72.6 Å².